The molecule has 0 aliphatic carbocycles. The van der Waals surface area contributed by atoms with Crippen LogP contribution in [0.2, 0.25) is 10.0 Å². The summed E-state index contributed by atoms with van der Waals surface area (Å²) in [6.45, 7) is 0.750. The number of anilines is 2. The molecule has 0 aliphatic heterocycles. The standard InChI is InChI=1S/C29H22Cl2F3N3O2/c30-24-6-3-7-25(31)26(24)28(39)36-17-16-35-20-12-14-21(15-13-20)37-27(38)23-5-2-1-4-22(23)18-8-10-19(11-9-18)29(32,33)34/h1-15,35H,16-17H2,(H,36,39)(H,37,38). The molecule has 5 nitrogen and oxygen atoms in total. The Morgan fingerprint density at radius 2 is 1.31 bits per heavy atom. The second kappa shape index (κ2) is 12.2. The van der Waals surface area contributed by atoms with E-state index in [9.17, 15) is 22.8 Å². The van der Waals surface area contributed by atoms with Crippen molar-refractivity contribution in [3.8, 4) is 11.1 Å². The van der Waals surface area contributed by atoms with Gasteiger partial charge in [-0.2, -0.15) is 13.2 Å². The monoisotopic (exact) mass is 571 g/mol. The topological polar surface area (TPSA) is 70.2 Å². The van der Waals surface area contributed by atoms with Gasteiger partial charge in [-0.3, -0.25) is 9.59 Å². The first-order valence-corrected chi connectivity index (χ1v) is 12.5. The van der Waals surface area contributed by atoms with Crippen molar-refractivity contribution < 1.29 is 22.8 Å². The van der Waals surface area contributed by atoms with Crippen LogP contribution in [-0.2, 0) is 6.18 Å². The van der Waals surface area contributed by atoms with E-state index in [0.717, 1.165) is 17.8 Å². The van der Waals surface area contributed by atoms with Gasteiger partial charge in [-0.25, -0.2) is 0 Å². The Balaban J connectivity index is 1.33. The lowest BCUT2D eigenvalue weighted by atomic mass is 9.98. The van der Waals surface area contributed by atoms with Crippen LogP contribution in [0.1, 0.15) is 26.3 Å². The molecule has 0 spiro atoms. The molecule has 0 fully saturated rings. The molecule has 0 aromatic heterocycles. The van der Waals surface area contributed by atoms with E-state index in [2.05, 4.69) is 16.0 Å². The van der Waals surface area contributed by atoms with Crippen LogP contribution in [-0.4, -0.2) is 24.9 Å². The first-order valence-electron chi connectivity index (χ1n) is 11.8. The molecule has 0 radical (unpaired) electrons. The maximum atomic E-state index is 13.0. The molecule has 4 aromatic rings. The molecule has 0 unspecified atom stereocenters. The van der Waals surface area contributed by atoms with Gasteiger partial charge in [-0.15, -0.1) is 0 Å². The van der Waals surface area contributed by atoms with Gasteiger partial charge in [0.15, 0.2) is 0 Å². The highest BCUT2D eigenvalue weighted by molar-refractivity contribution is 6.39. The van der Waals surface area contributed by atoms with E-state index >= 15 is 0 Å². The first-order chi connectivity index (χ1) is 18.6. The molecular weight excluding hydrogens is 550 g/mol. The summed E-state index contributed by atoms with van der Waals surface area (Å²) in [6.07, 6.45) is -4.44. The third-order valence-electron chi connectivity index (χ3n) is 5.77. The first kappa shape index (κ1) is 28.0. The number of hydrogen-bond donors (Lipinski definition) is 3. The van der Waals surface area contributed by atoms with Gasteiger partial charge in [0.25, 0.3) is 11.8 Å². The summed E-state index contributed by atoms with van der Waals surface area (Å²) < 4.78 is 38.7. The molecule has 0 bridgehead atoms. The molecule has 3 N–H and O–H groups in total. The molecule has 4 rings (SSSR count). The van der Waals surface area contributed by atoms with Crippen molar-refractivity contribution in [3.05, 3.63) is 118 Å². The lowest BCUT2D eigenvalue weighted by molar-refractivity contribution is -0.137. The molecule has 4 aromatic carbocycles. The molecular formula is C29H22Cl2F3N3O2. The van der Waals surface area contributed by atoms with Crippen LogP contribution in [0.5, 0.6) is 0 Å². The average Bonchev–Trinajstić information content (AvgIpc) is 2.91. The number of rotatable bonds is 8. The fourth-order valence-corrected chi connectivity index (χ4v) is 4.40. The molecule has 39 heavy (non-hydrogen) atoms. The predicted molar refractivity (Wildman–Crippen MR) is 149 cm³/mol. The normalized spacial score (nSPS) is 11.1. The van der Waals surface area contributed by atoms with Crippen LogP contribution in [0, 0.1) is 0 Å². The Kier molecular flexibility index (Phi) is 8.79. The lowest BCUT2D eigenvalue weighted by Gasteiger charge is -2.13. The van der Waals surface area contributed by atoms with E-state index in [0.29, 0.717) is 35.5 Å². The van der Waals surface area contributed by atoms with E-state index in [1.165, 1.54) is 12.1 Å². The number of hydrogen-bond acceptors (Lipinski definition) is 3. The summed E-state index contributed by atoms with van der Waals surface area (Å²) in [5.74, 6) is -0.769. The summed E-state index contributed by atoms with van der Waals surface area (Å²) in [6, 6.07) is 23.2. The zero-order valence-electron chi connectivity index (χ0n) is 20.3. The van der Waals surface area contributed by atoms with Crippen LogP contribution >= 0.6 is 23.2 Å². The number of carbonyl (C=O) groups excluding carboxylic acids is 2. The van der Waals surface area contributed by atoms with Gasteiger partial charge in [0.2, 0.25) is 0 Å². The number of carbonyl (C=O) groups is 2. The largest absolute Gasteiger partial charge is 0.416 e. The van der Waals surface area contributed by atoms with Crippen LogP contribution in [0.25, 0.3) is 11.1 Å². The predicted octanol–water partition coefficient (Wildman–Crippen LogP) is 7.77. The fraction of sp³-hybridized carbons (Fsp3) is 0.103. The third kappa shape index (κ3) is 7.10. The Hall–Kier alpha value is -4.01. The van der Waals surface area contributed by atoms with Crippen molar-refractivity contribution in [1.29, 1.82) is 0 Å². The summed E-state index contributed by atoms with van der Waals surface area (Å²) >= 11 is 12.1. The highest BCUT2D eigenvalue weighted by Gasteiger charge is 2.30. The van der Waals surface area contributed by atoms with Gasteiger partial charge in [-0.05, 0) is 65.7 Å². The van der Waals surface area contributed by atoms with Crippen LogP contribution < -0.4 is 16.0 Å². The Morgan fingerprint density at radius 3 is 1.95 bits per heavy atom. The van der Waals surface area contributed by atoms with Gasteiger partial charge in [0, 0.05) is 30.0 Å². The minimum absolute atomic E-state index is 0.223. The van der Waals surface area contributed by atoms with Crippen molar-refractivity contribution in [2.45, 2.75) is 6.18 Å². The zero-order chi connectivity index (χ0) is 28.0. The van der Waals surface area contributed by atoms with Gasteiger partial charge >= 0.3 is 6.18 Å². The Morgan fingerprint density at radius 1 is 0.692 bits per heavy atom. The Labute approximate surface area is 233 Å². The maximum Gasteiger partial charge on any atom is 0.416 e. The summed E-state index contributed by atoms with van der Waals surface area (Å²) in [5.41, 5.74) is 2.11. The van der Waals surface area contributed by atoms with E-state index in [4.69, 9.17) is 23.2 Å². The van der Waals surface area contributed by atoms with Crippen LogP contribution in [0.3, 0.4) is 0 Å². The molecule has 2 amide bonds. The highest BCUT2D eigenvalue weighted by atomic mass is 35.5. The average molecular weight is 572 g/mol. The van der Waals surface area contributed by atoms with Crippen molar-refractivity contribution in [2.24, 2.45) is 0 Å². The SMILES string of the molecule is O=C(Nc1ccc(NCCNC(=O)c2c(Cl)cccc2Cl)cc1)c1ccccc1-c1ccc(C(F)(F)F)cc1. The van der Waals surface area contributed by atoms with Gasteiger partial charge < -0.3 is 16.0 Å². The smallest absolute Gasteiger partial charge is 0.383 e. The number of amides is 2. The molecule has 0 saturated heterocycles. The quantitative estimate of drug-likeness (QED) is 0.189. The van der Waals surface area contributed by atoms with E-state index < -0.39 is 17.6 Å². The molecule has 0 heterocycles. The summed E-state index contributed by atoms with van der Waals surface area (Å²) in [7, 11) is 0. The molecule has 10 heteroatoms. The lowest BCUT2D eigenvalue weighted by Crippen LogP contribution is -2.29. The van der Waals surface area contributed by atoms with Gasteiger partial charge in [-0.1, -0.05) is 59.6 Å². The van der Waals surface area contributed by atoms with Crippen molar-refractivity contribution in [2.75, 3.05) is 23.7 Å². The fourth-order valence-electron chi connectivity index (χ4n) is 3.83. The summed E-state index contributed by atoms with van der Waals surface area (Å²) in [4.78, 5) is 25.3. The molecule has 0 saturated carbocycles. The van der Waals surface area contributed by atoms with Crippen molar-refractivity contribution >= 4 is 46.4 Å². The minimum atomic E-state index is -4.44. The summed E-state index contributed by atoms with van der Waals surface area (Å²) in [5, 5.41) is 9.27. The van der Waals surface area contributed by atoms with E-state index in [-0.39, 0.29) is 21.5 Å². The Bertz CT molecular complexity index is 1450. The maximum absolute atomic E-state index is 13.0. The van der Waals surface area contributed by atoms with Gasteiger partial charge in [0.05, 0.1) is 21.2 Å². The van der Waals surface area contributed by atoms with Crippen LogP contribution in [0.15, 0.2) is 91.0 Å². The number of halogens is 5. The highest BCUT2D eigenvalue weighted by Crippen LogP contribution is 2.32. The second-order valence-corrected chi connectivity index (χ2v) is 9.25. The zero-order valence-corrected chi connectivity index (χ0v) is 21.8. The number of benzene rings is 4. The van der Waals surface area contributed by atoms with E-state index in [1.807, 2.05) is 0 Å². The number of nitrogens with one attached hydrogen (secondary N) is 3. The third-order valence-corrected chi connectivity index (χ3v) is 6.40. The van der Waals surface area contributed by atoms with Gasteiger partial charge in [0.1, 0.15) is 0 Å². The number of alkyl halides is 3. The van der Waals surface area contributed by atoms with E-state index in [1.54, 1.807) is 66.7 Å². The molecule has 0 aliphatic rings. The minimum Gasteiger partial charge on any atom is -0.383 e. The van der Waals surface area contributed by atoms with Crippen molar-refractivity contribution in [3.63, 3.8) is 0 Å². The molecule has 0 atom stereocenters. The molecule has 200 valence electrons. The second-order valence-electron chi connectivity index (χ2n) is 8.43. The van der Waals surface area contributed by atoms with Crippen LogP contribution in [0.4, 0.5) is 24.5 Å². The van der Waals surface area contributed by atoms with Crippen molar-refractivity contribution in [1.82, 2.24) is 5.32 Å².